The Kier molecular flexibility index (Phi) is 5.06. The molecule has 0 heterocycles. The van der Waals surface area contributed by atoms with Gasteiger partial charge in [0.25, 0.3) is 0 Å². The van der Waals surface area contributed by atoms with Gasteiger partial charge in [-0.15, -0.1) is 0 Å². The van der Waals surface area contributed by atoms with Gasteiger partial charge in [-0.2, -0.15) is 0 Å². The average molecular weight is 188 g/mol. The van der Waals surface area contributed by atoms with Gasteiger partial charge in [0.1, 0.15) is 6.04 Å². The van der Waals surface area contributed by atoms with E-state index in [0.717, 1.165) is 0 Å². The van der Waals surface area contributed by atoms with Crippen molar-refractivity contribution in [2.45, 2.75) is 19.4 Å². The molecule has 0 fully saturated rings. The third-order valence-electron chi connectivity index (χ3n) is 1.92. The highest BCUT2D eigenvalue weighted by Crippen LogP contribution is 1.98. The quantitative estimate of drug-likeness (QED) is 0.612. The van der Waals surface area contributed by atoms with Crippen LogP contribution in [0.1, 0.15) is 13.3 Å². The van der Waals surface area contributed by atoms with Gasteiger partial charge in [0.2, 0.25) is 5.91 Å². The maximum absolute atomic E-state index is 11.3. The number of carboxylic acid groups (broad SMARTS) is 1. The molecular weight excluding hydrogens is 172 g/mol. The highest BCUT2D eigenvalue weighted by molar-refractivity contribution is 5.83. The summed E-state index contributed by atoms with van der Waals surface area (Å²) in [6, 6.07) is -0.760. The number of hydrogen-bond acceptors (Lipinski definition) is 3. The van der Waals surface area contributed by atoms with Crippen LogP contribution in [0.25, 0.3) is 0 Å². The third kappa shape index (κ3) is 3.89. The molecule has 0 rings (SSSR count). The van der Waals surface area contributed by atoms with Crippen molar-refractivity contribution in [1.29, 1.82) is 0 Å². The van der Waals surface area contributed by atoms with Crippen LogP contribution in [-0.2, 0) is 9.59 Å². The summed E-state index contributed by atoms with van der Waals surface area (Å²) in [5, 5.41) is 11.4. The summed E-state index contributed by atoms with van der Waals surface area (Å²) in [6.07, 6.45) is 0.324. The number of amides is 1. The Morgan fingerprint density at radius 3 is 2.46 bits per heavy atom. The number of hydrogen-bond donors (Lipinski definition) is 2. The Bertz CT molecular complexity index is 194. The zero-order chi connectivity index (χ0) is 10.4. The highest BCUT2D eigenvalue weighted by Gasteiger charge is 2.20. The molecule has 0 saturated carbocycles. The maximum Gasteiger partial charge on any atom is 0.326 e. The molecule has 0 unspecified atom stereocenters. The predicted octanol–water partition coefficient (Wildman–Crippen LogP) is -0.473. The molecule has 5 heteroatoms. The molecule has 2 N–H and O–H groups in total. The molecule has 1 amide bonds. The lowest BCUT2D eigenvalue weighted by atomic mass is 10.2. The van der Waals surface area contributed by atoms with E-state index in [1.165, 1.54) is 18.9 Å². The molecular formula is C8H16N2O3. The largest absolute Gasteiger partial charge is 0.480 e. The van der Waals surface area contributed by atoms with E-state index in [1.807, 2.05) is 0 Å². The standard InChI is InChI=1S/C8H16N2O3/c1-6(8(12)13)10(3)7(11)4-5-9-2/h6,9H,4-5H2,1-3H3,(H,12,13)/t6-/m0/s1. The lowest BCUT2D eigenvalue weighted by Crippen LogP contribution is -2.41. The van der Waals surface area contributed by atoms with Gasteiger partial charge in [-0.3, -0.25) is 4.79 Å². The van der Waals surface area contributed by atoms with Crippen molar-refractivity contribution >= 4 is 11.9 Å². The number of carboxylic acids is 1. The minimum Gasteiger partial charge on any atom is -0.480 e. The van der Waals surface area contributed by atoms with Crippen LogP contribution in [0.3, 0.4) is 0 Å². The first-order valence-corrected chi connectivity index (χ1v) is 4.13. The van der Waals surface area contributed by atoms with Crippen molar-refractivity contribution in [3.8, 4) is 0 Å². The molecule has 0 aromatic carbocycles. The van der Waals surface area contributed by atoms with E-state index in [-0.39, 0.29) is 5.91 Å². The number of nitrogens with zero attached hydrogens (tertiary/aromatic N) is 1. The minimum absolute atomic E-state index is 0.163. The normalized spacial score (nSPS) is 12.2. The monoisotopic (exact) mass is 188 g/mol. The molecule has 0 aliphatic heterocycles. The van der Waals surface area contributed by atoms with Crippen LogP contribution in [0.15, 0.2) is 0 Å². The van der Waals surface area contributed by atoms with Gasteiger partial charge in [0, 0.05) is 20.0 Å². The first kappa shape index (κ1) is 11.9. The predicted molar refractivity (Wildman–Crippen MR) is 48.4 cm³/mol. The number of nitrogens with one attached hydrogen (secondary N) is 1. The van der Waals surface area contributed by atoms with Gasteiger partial charge in [0.15, 0.2) is 0 Å². The summed E-state index contributed by atoms with van der Waals surface area (Å²) >= 11 is 0. The second kappa shape index (κ2) is 5.53. The van der Waals surface area contributed by atoms with Crippen LogP contribution < -0.4 is 5.32 Å². The van der Waals surface area contributed by atoms with E-state index in [1.54, 1.807) is 7.05 Å². The van der Waals surface area contributed by atoms with Crippen LogP contribution in [0.5, 0.6) is 0 Å². The molecule has 0 aliphatic carbocycles. The third-order valence-corrected chi connectivity index (χ3v) is 1.92. The number of aliphatic carboxylic acids is 1. The first-order chi connectivity index (χ1) is 6.00. The van der Waals surface area contributed by atoms with Gasteiger partial charge >= 0.3 is 5.97 Å². The molecule has 0 saturated heterocycles. The summed E-state index contributed by atoms with van der Waals surface area (Å²) in [5.74, 6) is -1.15. The Labute approximate surface area is 77.7 Å². The van der Waals surface area contributed by atoms with E-state index >= 15 is 0 Å². The van der Waals surface area contributed by atoms with Crippen molar-refractivity contribution < 1.29 is 14.7 Å². The van der Waals surface area contributed by atoms with Crippen LogP contribution in [0.4, 0.5) is 0 Å². The van der Waals surface area contributed by atoms with Gasteiger partial charge in [-0.1, -0.05) is 0 Å². The van der Waals surface area contributed by atoms with E-state index in [9.17, 15) is 9.59 Å². The second-order valence-electron chi connectivity index (χ2n) is 2.87. The zero-order valence-electron chi connectivity index (χ0n) is 8.20. The summed E-state index contributed by atoms with van der Waals surface area (Å²) in [5.41, 5.74) is 0. The van der Waals surface area contributed by atoms with E-state index in [4.69, 9.17) is 5.11 Å². The van der Waals surface area contributed by atoms with Gasteiger partial charge in [-0.25, -0.2) is 4.79 Å². The fourth-order valence-corrected chi connectivity index (χ4v) is 0.790. The summed E-state index contributed by atoms with van der Waals surface area (Å²) in [6.45, 7) is 2.05. The number of likely N-dealkylation sites (N-methyl/N-ethyl adjacent to an activating group) is 1. The lowest BCUT2D eigenvalue weighted by Gasteiger charge is -2.21. The van der Waals surface area contributed by atoms with E-state index in [2.05, 4.69) is 5.32 Å². The topological polar surface area (TPSA) is 69.6 Å². The Balaban J connectivity index is 4.01. The van der Waals surface area contributed by atoms with Crippen LogP contribution >= 0.6 is 0 Å². The van der Waals surface area contributed by atoms with E-state index in [0.29, 0.717) is 13.0 Å². The van der Waals surface area contributed by atoms with Crippen molar-refractivity contribution in [3.05, 3.63) is 0 Å². The fraction of sp³-hybridized carbons (Fsp3) is 0.750. The average Bonchev–Trinajstić information content (AvgIpc) is 2.11. The van der Waals surface area contributed by atoms with E-state index < -0.39 is 12.0 Å². The van der Waals surface area contributed by atoms with Crippen molar-refractivity contribution in [3.63, 3.8) is 0 Å². The van der Waals surface area contributed by atoms with Crippen LogP contribution in [0, 0.1) is 0 Å². The van der Waals surface area contributed by atoms with Crippen molar-refractivity contribution in [2.75, 3.05) is 20.6 Å². The number of rotatable bonds is 5. The number of carbonyl (C=O) groups excluding carboxylic acids is 1. The molecule has 1 atom stereocenters. The van der Waals surface area contributed by atoms with Crippen molar-refractivity contribution in [1.82, 2.24) is 10.2 Å². The van der Waals surface area contributed by atoms with Crippen molar-refractivity contribution in [2.24, 2.45) is 0 Å². The SMILES string of the molecule is CNCCC(=O)N(C)[C@@H](C)C(=O)O. The van der Waals surface area contributed by atoms with Gasteiger partial charge < -0.3 is 15.3 Å². The molecule has 76 valence electrons. The Morgan fingerprint density at radius 1 is 1.54 bits per heavy atom. The molecule has 0 radical (unpaired) electrons. The minimum atomic E-state index is -0.986. The smallest absolute Gasteiger partial charge is 0.326 e. The summed E-state index contributed by atoms with van der Waals surface area (Å²) in [7, 11) is 3.24. The molecule has 13 heavy (non-hydrogen) atoms. The van der Waals surface area contributed by atoms with Crippen LogP contribution in [-0.4, -0.2) is 48.6 Å². The Hall–Kier alpha value is -1.10. The molecule has 0 bridgehead atoms. The van der Waals surface area contributed by atoms with Crippen LogP contribution in [0.2, 0.25) is 0 Å². The highest BCUT2D eigenvalue weighted by atomic mass is 16.4. The maximum atomic E-state index is 11.3. The molecule has 5 nitrogen and oxygen atoms in total. The Morgan fingerprint density at radius 2 is 2.08 bits per heavy atom. The van der Waals surface area contributed by atoms with Gasteiger partial charge in [-0.05, 0) is 14.0 Å². The molecule has 0 aromatic rings. The summed E-state index contributed by atoms with van der Waals surface area (Å²) < 4.78 is 0. The molecule has 0 spiro atoms. The lowest BCUT2D eigenvalue weighted by molar-refractivity contribution is -0.148. The zero-order valence-corrected chi connectivity index (χ0v) is 8.20. The fourth-order valence-electron chi connectivity index (χ4n) is 0.790. The molecule has 0 aliphatic rings. The first-order valence-electron chi connectivity index (χ1n) is 4.13. The second-order valence-corrected chi connectivity index (χ2v) is 2.87. The number of carbonyl (C=O) groups is 2. The summed E-state index contributed by atoms with van der Waals surface area (Å²) in [4.78, 5) is 23.0. The molecule has 0 aromatic heterocycles. The van der Waals surface area contributed by atoms with Gasteiger partial charge in [0.05, 0.1) is 0 Å².